The molecule has 1 aliphatic heterocycles. The van der Waals surface area contributed by atoms with Gasteiger partial charge in [-0.05, 0) is 68.3 Å². The van der Waals surface area contributed by atoms with Crippen LogP contribution in [0.5, 0.6) is 0 Å². The second-order valence-electron chi connectivity index (χ2n) is 7.57. The molecule has 0 unspecified atom stereocenters. The molecule has 1 aliphatic rings. The lowest BCUT2D eigenvalue weighted by Gasteiger charge is -2.40. The fourth-order valence-corrected chi connectivity index (χ4v) is 3.98. The first-order valence-corrected chi connectivity index (χ1v) is 10.3. The average Bonchev–Trinajstić information content (AvgIpc) is 2.64. The molecule has 1 heterocycles. The summed E-state index contributed by atoms with van der Waals surface area (Å²) in [6.45, 7) is 6.34. The van der Waals surface area contributed by atoms with Crippen molar-refractivity contribution < 1.29 is 4.79 Å². The molecule has 3 rings (SSSR count). The molecular weight excluding hydrogens is 450 g/mol. The van der Waals surface area contributed by atoms with Gasteiger partial charge >= 0.3 is 0 Å². The summed E-state index contributed by atoms with van der Waals surface area (Å²) in [5.41, 5.74) is 4.28. The minimum absolute atomic E-state index is 0.0158. The smallest absolute Gasteiger partial charge is 0.266 e. The van der Waals surface area contributed by atoms with Gasteiger partial charge in [0, 0.05) is 33.5 Å². The Bertz CT molecular complexity index is 1100. The normalized spacial score (nSPS) is 15.3. The van der Waals surface area contributed by atoms with E-state index in [1.165, 1.54) is 6.08 Å². The maximum absolute atomic E-state index is 12.6. The fourth-order valence-electron chi connectivity index (χ4n) is 3.37. The molecule has 0 bridgehead atoms. The zero-order chi connectivity index (χ0) is 21.3. The number of benzene rings is 2. The number of anilines is 2. The minimum atomic E-state index is -0.482. The minimum Gasteiger partial charge on any atom is -0.365 e. The van der Waals surface area contributed by atoms with E-state index >= 15 is 0 Å². The van der Waals surface area contributed by atoms with E-state index in [2.05, 4.69) is 53.0 Å². The van der Waals surface area contributed by atoms with Crippen molar-refractivity contribution in [1.82, 2.24) is 0 Å². The molecule has 0 saturated heterocycles. The predicted octanol–water partition coefficient (Wildman–Crippen LogP) is 6.28. The highest BCUT2D eigenvalue weighted by atomic mass is 79.9. The summed E-state index contributed by atoms with van der Waals surface area (Å²) in [5, 5.41) is 12.8. The number of halogens is 2. The molecule has 0 saturated carbocycles. The lowest BCUT2D eigenvalue weighted by atomic mass is 9.88. The first-order valence-electron chi connectivity index (χ1n) is 9.08. The molecule has 0 radical (unpaired) electrons. The first kappa shape index (κ1) is 21.2. The van der Waals surface area contributed by atoms with Gasteiger partial charge in [0.15, 0.2) is 0 Å². The number of nitrogens with one attached hydrogen (secondary N) is 1. The van der Waals surface area contributed by atoms with Gasteiger partial charge in [0.1, 0.15) is 11.6 Å². The molecule has 29 heavy (non-hydrogen) atoms. The van der Waals surface area contributed by atoms with Crippen LogP contribution in [0.1, 0.15) is 31.9 Å². The highest BCUT2D eigenvalue weighted by molar-refractivity contribution is 9.10. The van der Waals surface area contributed by atoms with Crippen LogP contribution in [0, 0.1) is 11.3 Å². The summed E-state index contributed by atoms with van der Waals surface area (Å²) in [5.74, 6) is -0.482. The van der Waals surface area contributed by atoms with Crippen molar-refractivity contribution >= 4 is 56.5 Å². The van der Waals surface area contributed by atoms with Gasteiger partial charge in [0.25, 0.3) is 5.91 Å². The summed E-state index contributed by atoms with van der Waals surface area (Å²) in [6.07, 6.45) is 3.73. The largest absolute Gasteiger partial charge is 0.365 e. The van der Waals surface area contributed by atoms with Gasteiger partial charge in [-0.1, -0.05) is 39.7 Å². The molecule has 2 aromatic carbocycles. The van der Waals surface area contributed by atoms with E-state index in [4.69, 9.17) is 11.6 Å². The third-order valence-corrected chi connectivity index (χ3v) is 5.90. The van der Waals surface area contributed by atoms with Crippen LogP contribution in [0.2, 0.25) is 5.02 Å². The second-order valence-corrected chi connectivity index (χ2v) is 8.89. The maximum Gasteiger partial charge on any atom is 0.266 e. The number of carbonyl (C=O) groups is 1. The third-order valence-electron chi connectivity index (χ3n) is 5.08. The van der Waals surface area contributed by atoms with E-state index in [1.807, 2.05) is 37.4 Å². The van der Waals surface area contributed by atoms with Crippen molar-refractivity contribution in [1.29, 1.82) is 5.26 Å². The Kier molecular flexibility index (Phi) is 5.88. The molecule has 148 valence electrons. The molecule has 1 amide bonds. The van der Waals surface area contributed by atoms with Crippen LogP contribution in [-0.2, 0) is 4.79 Å². The Balaban J connectivity index is 1.98. The van der Waals surface area contributed by atoms with Gasteiger partial charge in [-0.3, -0.25) is 4.79 Å². The second kappa shape index (κ2) is 8.06. The molecule has 0 fully saturated rings. The fraction of sp³-hybridized carbons (Fsp3) is 0.217. The van der Waals surface area contributed by atoms with Crippen LogP contribution in [0.25, 0.3) is 11.6 Å². The molecule has 1 N–H and O–H groups in total. The average molecular weight is 471 g/mol. The summed E-state index contributed by atoms with van der Waals surface area (Å²) < 4.78 is 0.838. The van der Waals surface area contributed by atoms with Crippen LogP contribution in [0.3, 0.4) is 0 Å². The number of rotatable bonds is 3. The zero-order valence-corrected chi connectivity index (χ0v) is 19.0. The van der Waals surface area contributed by atoms with E-state index in [9.17, 15) is 10.1 Å². The van der Waals surface area contributed by atoms with E-state index < -0.39 is 5.91 Å². The number of nitriles is 1. The number of allylic oxidation sites excluding steroid dienone is 1. The van der Waals surface area contributed by atoms with Gasteiger partial charge in [-0.2, -0.15) is 5.26 Å². The van der Waals surface area contributed by atoms with Crippen molar-refractivity contribution in [2.24, 2.45) is 0 Å². The first-order chi connectivity index (χ1) is 13.6. The number of likely N-dealkylation sites (N-methyl/N-ethyl adjacent to an activating group) is 1. The summed E-state index contributed by atoms with van der Waals surface area (Å²) >= 11 is 9.88. The molecular formula is C23H21BrClN3O. The lowest BCUT2D eigenvalue weighted by Crippen LogP contribution is -2.42. The van der Waals surface area contributed by atoms with Gasteiger partial charge in [0.05, 0.1) is 5.54 Å². The molecule has 0 atom stereocenters. The standard InChI is InChI=1S/C23H21BrClN3O/c1-14-12-23(2,3)28(4)21-11-20(25)15(9-19(14)21)8-16(13-26)22(29)27-18-7-5-6-17(24)10-18/h5-12H,1-4H3,(H,27,29)/b16-8+. The van der Waals surface area contributed by atoms with Crippen LogP contribution in [0.4, 0.5) is 11.4 Å². The van der Waals surface area contributed by atoms with Crippen molar-refractivity contribution in [3.05, 3.63) is 68.7 Å². The number of fused-ring (bicyclic) bond motifs is 1. The number of carbonyl (C=O) groups excluding carboxylic acids is 1. The molecule has 0 aliphatic carbocycles. The van der Waals surface area contributed by atoms with E-state index in [-0.39, 0.29) is 11.1 Å². The zero-order valence-electron chi connectivity index (χ0n) is 16.7. The Morgan fingerprint density at radius 2 is 2.03 bits per heavy atom. The molecule has 6 heteroatoms. The Morgan fingerprint density at radius 3 is 2.69 bits per heavy atom. The molecule has 0 aromatic heterocycles. The third kappa shape index (κ3) is 4.39. The van der Waals surface area contributed by atoms with Crippen molar-refractivity contribution in [3.8, 4) is 6.07 Å². The molecule has 0 spiro atoms. The van der Waals surface area contributed by atoms with Gasteiger partial charge in [0.2, 0.25) is 0 Å². The summed E-state index contributed by atoms with van der Waals surface area (Å²) in [6, 6.07) is 13.0. The van der Waals surface area contributed by atoms with Gasteiger partial charge < -0.3 is 10.2 Å². The van der Waals surface area contributed by atoms with Crippen LogP contribution >= 0.6 is 27.5 Å². The van der Waals surface area contributed by atoms with Gasteiger partial charge in [-0.25, -0.2) is 0 Å². The van der Waals surface area contributed by atoms with Gasteiger partial charge in [-0.15, -0.1) is 0 Å². The molecule has 2 aromatic rings. The van der Waals surface area contributed by atoms with E-state index in [0.29, 0.717) is 16.3 Å². The van der Waals surface area contributed by atoms with Crippen molar-refractivity contribution in [2.45, 2.75) is 26.3 Å². The lowest BCUT2D eigenvalue weighted by molar-refractivity contribution is -0.112. The Labute approximate surface area is 184 Å². The number of nitrogens with zero attached hydrogens (tertiary/aromatic N) is 2. The van der Waals surface area contributed by atoms with Crippen LogP contribution in [-0.4, -0.2) is 18.5 Å². The molecule has 4 nitrogen and oxygen atoms in total. The van der Waals surface area contributed by atoms with E-state index in [0.717, 1.165) is 21.3 Å². The summed E-state index contributed by atoms with van der Waals surface area (Å²) in [4.78, 5) is 14.7. The highest BCUT2D eigenvalue weighted by Gasteiger charge is 2.29. The number of amides is 1. The topological polar surface area (TPSA) is 56.1 Å². The maximum atomic E-state index is 12.6. The van der Waals surface area contributed by atoms with Crippen LogP contribution < -0.4 is 10.2 Å². The Hall–Kier alpha value is -2.55. The van der Waals surface area contributed by atoms with Crippen LogP contribution in [0.15, 0.2) is 52.5 Å². The summed E-state index contributed by atoms with van der Waals surface area (Å²) in [7, 11) is 2.03. The Morgan fingerprint density at radius 1 is 1.31 bits per heavy atom. The number of hydrogen-bond donors (Lipinski definition) is 1. The van der Waals surface area contributed by atoms with E-state index in [1.54, 1.807) is 12.1 Å². The highest BCUT2D eigenvalue weighted by Crippen LogP contribution is 2.40. The monoisotopic (exact) mass is 469 g/mol. The SMILES string of the molecule is CC1=CC(C)(C)N(C)c2cc(Cl)c(/C=C(\C#N)C(=O)Nc3cccc(Br)c3)cc21. The predicted molar refractivity (Wildman–Crippen MR) is 124 cm³/mol. The van der Waals surface area contributed by atoms with Crippen molar-refractivity contribution in [3.63, 3.8) is 0 Å². The van der Waals surface area contributed by atoms with Crippen molar-refractivity contribution in [2.75, 3.05) is 17.3 Å². The quantitative estimate of drug-likeness (QED) is 0.424. The number of hydrogen-bond acceptors (Lipinski definition) is 3.